The Hall–Kier alpha value is -0.620. The van der Waals surface area contributed by atoms with E-state index in [0.29, 0.717) is 32.4 Å². The van der Waals surface area contributed by atoms with Crippen LogP contribution in [-0.2, 0) is 19.6 Å². The van der Waals surface area contributed by atoms with Crippen molar-refractivity contribution in [3.8, 4) is 0 Å². The maximum absolute atomic E-state index is 11.2. The summed E-state index contributed by atoms with van der Waals surface area (Å²) in [5.74, 6) is -0.215. The topological polar surface area (TPSA) is 63.7 Å². The molecule has 0 bridgehead atoms. The summed E-state index contributed by atoms with van der Waals surface area (Å²) in [6, 6.07) is 0. The summed E-state index contributed by atoms with van der Waals surface area (Å²) in [6.07, 6.45) is 2.64. The number of esters is 1. The first-order chi connectivity index (χ1) is 6.93. The molecule has 0 amide bonds. The first-order valence-electron chi connectivity index (χ1n) is 5.08. The summed E-state index contributed by atoms with van der Waals surface area (Å²) in [5, 5.41) is 0. The lowest BCUT2D eigenvalue weighted by Gasteiger charge is -2.29. The second-order valence-electron chi connectivity index (χ2n) is 3.70. The third-order valence-electron chi connectivity index (χ3n) is 2.46. The SMILES string of the molecule is CCC(=O)OC1CCN(S(C)(=O)=O)CC1. The van der Waals surface area contributed by atoms with E-state index in [0.717, 1.165) is 0 Å². The number of nitrogens with zero attached hydrogens (tertiary/aromatic N) is 1. The fourth-order valence-electron chi connectivity index (χ4n) is 1.55. The molecular weight excluding hydrogens is 218 g/mol. The highest BCUT2D eigenvalue weighted by atomic mass is 32.2. The number of carbonyl (C=O) groups excluding carboxylic acids is 1. The van der Waals surface area contributed by atoms with Crippen LogP contribution in [0.1, 0.15) is 26.2 Å². The zero-order valence-corrected chi connectivity index (χ0v) is 9.92. The summed E-state index contributed by atoms with van der Waals surface area (Å²) in [4.78, 5) is 11.0. The highest BCUT2D eigenvalue weighted by Crippen LogP contribution is 2.16. The van der Waals surface area contributed by atoms with Crippen LogP contribution in [0.4, 0.5) is 0 Å². The molecule has 0 atom stereocenters. The number of rotatable bonds is 3. The van der Waals surface area contributed by atoms with Gasteiger partial charge in [0.25, 0.3) is 0 Å². The highest BCUT2D eigenvalue weighted by molar-refractivity contribution is 7.88. The van der Waals surface area contributed by atoms with Gasteiger partial charge in [-0.3, -0.25) is 4.79 Å². The Bertz CT molecular complexity index is 317. The van der Waals surface area contributed by atoms with Crippen molar-refractivity contribution < 1.29 is 17.9 Å². The molecule has 1 aliphatic heterocycles. The van der Waals surface area contributed by atoms with Gasteiger partial charge in [-0.1, -0.05) is 6.92 Å². The van der Waals surface area contributed by atoms with Gasteiger partial charge >= 0.3 is 5.97 Å². The van der Waals surface area contributed by atoms with E-state index < -0.39 is 10.0 Å². The van der Waals surface area contributed by atoms with Gasteiger partial charge in [-0.25, -0.2) is 12.7 Å². The molecule has 0 spiro atoms. The van der Waals surface area contributed by atoms with Crippen molar-refractivity contribution in [2.75, 3.05) is 19.3 Å². The van der Waals surface area contributed by atoms with Gasteiger partial charge in [0.15, 0.2) is 0 Å². The maximum Gasteiger partial charge on any atom is 0.305 e. The van der Waals surface area contributed by atoms with Gasteiger partial charge in [0, 0.05) is 19.5 Å². The van der Waals surface area contributed by atoms with E-state index in [4.69, 9.17) is 4.74 Å². The second kappa shape index (κ2) is 4.94. The van der Waals surface area contributed by atoms with Crippen LogP contribution in [0.3, 0.4) is 0 Å². The summed E-state index contributed by atoms with van der Waals surface area (Å²) in [6.45, 7) is 2.63. The van der Waals surface area contributed by atoms with Crippen molar-refractivity contribution in [3.63, 3.8) is 0 Å². The van der Waals surface area contributed by atoms with Crippen LogP contribution in [0.5, 0.6) is 0 Å². The molecule has 1 saturated heterocycles. The monoisotopic (exact) mass is 235 g/mol. The number of carbonyl (C=O) groups is 1. The van der Waals surface area contributed by atoms with Crippen molar-refractivity contribution in [1.82, 2.24) is 4.31 Å². The maximum atomic E-state index is 11.2. The summed E-state index contributed by atoms with van der Waals surface area (Å²) < 4.78 is 28.9. The van der Waals surface area contributed by atoms with E-state index in [-0.39, 0.29) is 12.1 Å². The Morgan fingerprint density at radius 1 is 1.40 bits per heavy atom. The lowest BCUT2D eigenvalue weighted by Crippen LogP contribution is -2.40. The Balaban J connectivity index is 2.40. The quantitative estimate of drug-likeness (QED) is 0.663. The Morgan fingerprint density at radius 2 is 1.93 bits per heavy atom. The summed E-state index contributed by atoms with van der Waals surface area (Å²) >= 11 is 0. The van der Waals surface area contributed by atoms with E-state index in [1.54, 1.807) is 6.92 Å². The minimum absolute atomic E-state index is 0.115. The predicted octanol–water partition coefficient (Wildman–Crippen LogP) is 0.364. The molecule has 15 heavy (non-hydrogen) atoms. The Kier molecular flexibility index (Phi) is 4.10. The second-order valence-corrected chi connectivity index (χ2v) is 5.69. The molecule has 0 aromatic carbocycles. The largest absolute Gasteiger partial charge is 0.462 e. The van der Waals surface area contributed by atoms with Crippen LogP contribution in [-0.4, -0.2) is 44.1 Å². The smallest absolute Gasteiger partial charge is 0.305 e. The average Bonchev–Trinajstić information content (AvgIpc) is 2.17. The average molecular weight is 235 g/mol. The van der Waals surface area contributed by atoms with Gasteiger partial charge < -0.3 is 4.74 Å². The molecule has 5 nitrogen and oxygen atoms in total. The molecular formula is C9H17NO4S. The van der Waals surface area contributed by atoms with Crippen molar-refractivity contribution in [3.05, 3.63) is 0 Å². The molecule has 1 heterocycles. The van der Waals surface area contributed by atoms with Crippen LogP contribution in [0.25, 0.3) is 0 Å². The van der Waals surface area contributed by atoms with Crippen molar-refractivity contribution in [1.29, 1.82) is 0 Å². The number of hydrogen-bond donors (Lipinski definition) is 0. The van der Waals surface area contributed by atoms with Gasteiger partial charge in [0.2, 0.25) is 10.0 Å². The number of sulfonamides is 1. The van der Waals surface area contributed by atoms with Crippen molar-refractivity contribution >= 4 is 16.0 Å². The van der Waals surface area contributed by atoms with E-state index >= 15 is 0 Å². The summed E-state index contributed by atoms with van der Waals surface area (Å²) in [5.41, 5.74) is 0. The van der Waals surface area contributed by atoms with E-state index in [2.05, 4.69) is 0 Å². The number of ether oxygens (including phenoxy) is 1. The van der Waals surface area contributed by atoms with Gasteiger partial charge in [-0.2, -0.15) is 0 Å². The summed E-state index contributed by atoms with van der Waals surface area (Å²) in [7, 11) is -3.09. The van der Waals surface area contributed by atoms with Gasteiger partial charge in [0.05, 0.1) is 6.26 Å². The van der Waals surface area contributed by atoms with Crippen LogP contribution >= 0.6 is 0 Å². The zero-order chi connectivity index (χ0) is 11.5. The molecule has 0 aliphatic carbocycles. The standard InChI is InChI=1S/C9H17NO4S/c1-3-9(11)14-8-4-6-10(7-5-8)15(2,12)13/h8H,3-7H2,1-2H3. The van der Waals surface area contributed by atoms with E-state index in [1.807, 2.05) is 0 Å². The molecule has 0 N–H and O–H groups in total. The molecule has 0 radical (unpaired) electrons. The third kappa shape index (κ3) is 3.79. The molecule has 6 heteroatoms. The number of hydrogen-bond acceptors (Lipinski definition) is 4. The third-order valence-corrected chi connectivity index (χ3v) is 3.76. The van der Waals surface area contributed by atoms with Crippen LogP contribution in [0.15, 0.2) is 0 Å². The predicted molar refractivity (Wildman–Crippen MR) is 55.8 cm³/mol. The first-order valence-corrected chi connectivity index (χ1v) is 6.93. The Morgan fingerprint density at radius 3 is 2.33 bits per heavy atom. The fourth-order valence-corrected chi connectivity index (χ4v) is 2.42. The van der Waals surface area contributed by atoms with Gasteiger partial charge in [-0.15, -0.1) is 0 Å². The minimum atomic E-state index is -3.09. The molecule has 0 aromatic rings. The Labute approximate surface area is 90.4 Å². The molecule has 0 aromatic heterocycles. The van der Waals surface area contributed by atoms with Crippen molar-refractivity contribution in [2.24, 2.45) is 0 Å². The molecule has 1 rings (SSSR count). The van der Waals surface area contributed by atoms with Gasteiger partial charge in [0.1, 0.15) is 6.10 Å². The molecule has 0 saturated carbocycles. The lowest BCUT2D eigenvalue weighted by atomic mass is 10.1. The fraction of sp³-hybridized carbons (Fsp3) is 0.889. The minimum Gasteiger partial charge on any atom is -0.462 e. The first kappa shape index (κ1) is 12.4. The molecule has 1 aliphatic rings. The van der Waals surface area contributed by atoms with E-state index in [9.17, 15) is 13.2 Å². The van der Waals surface area contributed by atoms with Crippen LogP contribution in [0, 0.1) is 0 Å². The molecule has 0 unspecified atom stereocenters. The highest BCUT2D eigenvalue weighted by Gasteiger charge is 2.26. The molecule has 1 fully saturated rings. The lowest BCUT2D eigenvalue weighted by molar-refractivity contribution is -0.150. The number of piperidine rings is 1. The van der Waals surface area contributed by atoms with Crippen molar-refractivity contribution in [2.45, 2.75) is 32.3 Å². The van der Waals surface area contributed by atoms with Gasteiger partial charge in [-0.05, 0) is 12.8 Å². The van der Waals surface area contributed by atoms with Crippen LogP contribution < -0.4 is 0 Å². The normalized spacial score (nSPS) is 20.1. The van der Waals surface area contributed by atoms with Crippen LogP contribution in [0.2, 0.25) is 0 Å². The van der Waals surface area contributed by atoms with E-state index in [1.165, 1.54) is 10.6 Å². The molecule has 88 valence electrons. The zero-order valence-electron chi connectivity index (χ0n) is 9.10.